The lowest BCUT2D eigenvalue weighted by Gasteiger charge is -2.15. The van der Waals surface area contributed by atoms with Crippen molar-refractivity contribution in [1.82, 2.24) is 0 Å². The van der Waals surface area contributed by atoms with E-state index in [1.165, 1.54) is 24.3 Å². The second-order valence-corrected chi connectivity index (χ2v) is 5.98. The molecule has 2 aromatic rings. The molecule has 2 aromatic carbocycles. The zero-order valence-corrected chi connectivity index (χ0v) is 14.5. The van der Waals surface area contributed by atoms with E-state index in [1.807, 2.05) is 0 Å². The molecular formula is C18H12ClFN2O5. The number of anilines is 2. The molecule has 1 aliphatic heterocycles. The molecule has 0 unspecified atom stereocenters. The fraction of sp³-hybridized carbons (Fsp3) is 0.111. The van der Waals surface area contributed by atoms with Crippen LogP contribution in [0.1, 0.15) is 10.4 Å². The molecule has 138 valence electrons. The van der Waals surface area contributed by atoms with Crippen molar-refractivity contribution in [3.63, 3.8) is 0 Å². The average molecular weight is 391 g/mol. The molecule has 0 aliphatic carbocycles. The molecule has 2 amide bonds. The third-order valence-electron chi connectivity index (χ3n) is 3.73. The minimum absolute atomic E-state index is 0.166. The van der Waals surface area contributed by atoms with Gasteiger partial charge in [-0.2, -0.15) is 0 Å². The predicted octanol–water partition coefficient (Wildman–Crippen LogP) is 2.19. The highest BCUT2D eigenvalue weighted by molar-refractivity contribution is 6.52. The van der Waals surface area contributed by atoms with Gasteiger partial charge in [0.1, 0.15) is 12.4 Å². The summed E-state index contributed by atoms with van der Waals surface area (Å²) in [6.07, 6.45) is 0. The lowest BCUT2D eigenvalue weighted by Crippen LogP contribution is -2.36. The zero-order valence-electron chi connectivity index (χ0n) is 13.7. The quantitative estimate of drug-likeness (QED) is 0.624. The number of para-hydroxylation sites is 1. The molecule has 9 heteroatoms. The number of ether oxygens (including phenoxy) is 1. The van der Waals surface area contributed by atoms with Gasteiger partial charge in [-0.15, -0.1) is 0 Å². The molecule has 0 fully saturated rings. The van der Waals surface area contributed by atoms with Gasteiger partial charge in [0.25, 0.3) is 17.6 Å². The molecule has 27 heavy (non-hydrogen) atoms. The van der Waals surface area contributed by atoms with Crippen molar-refractivity contribution in [2.24, 2.45) is 0 Å². The zero-order chi connectivity index (χ0) is 19.6. The number of halogens is 2. The number of amides is 2. The Labute approximate surface area is 157 Å². The maximum atomic E-state index is 13.1. The van der Waals surface area contributed by atoms with Crippen LogP contribution in [0.2, 0.25) is 5.02 Å². The number of carbonyl (C=O) groups excluding carboxylic acids is 4. The normalized spacial score (nSPS) is 12.7. The maximum absolute atomic E-state index is 13.1. The molecule has 0 bridgehead atoms. The van der Waals surface area contributed by atoms with Crippen molar-refractivity contribution < 1.29 is 28.3 Å². The van der Waals surface area contributed by atoms with Crippen LogP contribution in [0.15, 0.2) is 42.5 Å². The van der Waals surface area contributed by atoms with Crippen molar-refractivity contribution in [2.75, 3.05) is 23.4 Å². The van der Waals surface area contributed by atoms with Gasteiger partial charge in [0.2, 0.25) is 0 Å². The summed E-state index contributed by atoms with van der Waals surface area (Å²) < 4.78 is 17.9. The summed E-state index contributed by atoms with van der Waals surface area (Å²) in [5.41, 5.74) is 0.757. The Morgan fingerprint density at radius 2 is 1.89 bits per heavy atom. The van der Waals surface area contributed by atoms with Crippen LogP contribution in [-0.4, -0.2) is 36.7 Å². The Morgan fingerprint density at radius 3 is 2.63 bits per heavy atom. The van der Waals surface area contributed by atoms with Crippen molar-refractivity contribution >= 4 is 46.5 Å². The van der Waals surface area contributed by atoms with E-state index in [-0.39, 0.29) is 16.3 Å². The predicted molar refractivity (Wildman–Crippen MR) is 94.1 cm³/mol. The minimum atomic E-state index is -0.861. The summed E-state index contributed by atoms with van der Waals surface area (Å²) in [7, 11) is 0. The average Bonchev–Trinajstić information content (AvgIpc) is 2.88. The van der Waals surface area contributed by atoms with E-state index in [0.29, 0.717) is 5.69 Å². The third kappa shape index (κ3) is 3.95. The number of hydrogen-bond donors (Lipinski definition) is 1. The van der Waals surface area contributed by atoms with Crippen molar-refractivity contribution in [3.05, 3.63) is 58.9 Å². The second kappa shape index (κ2) is 7.55. The van der Waals surface area contributed by atoms with Crippen LogP contribution < -0.4 is 10.2 Å². The first-order chi connectivity index (χ1) is 12.9. The Bertz CT molecular complexity index is 963. The maximum Gasteiger partial charge on any atom is 0.326 e. The number of nitrogens with zero attached hydrogens (tertiary/aromatic N) is 1. The van der Waals surface area contributed by atoms with E-state index in [2.05, 4.69) is 5.32 Å². The molecule has 0 saturated heterocycles. The smallest absolute Gasteiger partial charge is 0.326 e. The van der Waals surface area contributed by atoms with Gasteiger partial charge < -0.3 is 10.1 Å². The van der Waals surface area contributed by atoms with Gasteiger partial charge >= 0.3 is 5.97 Å². The first kappa shape index (κ1) is 18.5. The van der Waals surface area contributed by atoms with E-state index in [0.717, 1.165) is 11.0 Å². The largest absolute Gasteiger partial charge is 0.454 e. The summed E-state index contributed by atoms with van der Waals surface area (Å²) in [4.78, 5) is 48.6. The van der Waals surface area contributed by atoms with Gasteiger partial charge in [-0.1, -0.05) is 23.7 Å². The number of benzene rings is 2. The number of hydrogen-bond acceptors (Lipinski definition) is 5. The van der Waals surface area contributed by atoms with Crippen LogP contribution in [0.4, 0.5) is 15.8 Å². The highest BCUT2D eigenvalue weighted by Gasteiger charge is 2.36. The summed E-state index contributed by atoms with van der Waals surface area (Å²) in [6.45, 7) is -1.12. The number of rotatable bonds is 5. The van der Waals surface area contributed by atoms with Crippen LogP contribution >= 0.6 is 11.6 Å². The molecule has 3 rings (SSSR count). The van der Waals surface area contributed by atoms with Gasteiger partial charge in [-0.25, -0.2) is 4.39 Å². The number of esters is 1. The fourth-order valence-corrected chi connectivity index (χ4v) is 2.68. The van der Waals surface area contributed by atoms with Gasteiger partial charge in [-0.3, -0.25) is 24.1 Å². The molecule has 0 radical (unpaired) electrons. The molecule has 0 saturated carbocycles. The first-order valence-corrected chi connectivity index (χ1v) is 8.10. The van der Waals surface area contributed by atoms with E-state index in [4.69, 9.17) is 16.3 Å². The van der Waals surface area contributed by atoms with Crippen LogP contribution in [0.25, 0.3) is 0 Å². The van der Waals surface area contributed by atoms with Crippen LogP contribution in [-0.2, 0) is 19.1 Å². The Hall–Kier alpha value is -3.26. The number of carbonyl (C=O) groups is 4. The fourth-order valence-electron chi connectivity index (χ4n) is 2.50. The monoisotopic (exact) mass is 390 g/mol. The Balaban J connectivity index is 1.55. The number of Topliss-reactive ketones (excluding diaryl/α,β-unsaturated/α-hetero) is 1. The third-order valence-corrected chi connectivity index (χ3v) is 4.02. The molecule has 0 spiro atoms. The number of fused-ring (bicyclic) bond motifs is 1. The lowest BCUT2D eigenvalue weighted by molar-refractivity contribution is -0.146. The van der Waals surface area contributed by atoms with E-state index >= 15 is 0 Å². The lowest BCUT2D eigenvalue weighted by atomic mass is 10.1. The van der Waals surface area contributed by atoms with Gasteiger partial charge in [-0.05, 0) is 30.3 Å². The first-order valence-electron chi connectivity index (χ1n) is 7.72. The minimum Gasteiger partial charge on any atom is -0.454 e. The molecule has 0 atom stereocenters. The highest BCUT2D eigenvalue weighted by atomic mass is 35.5. The SMILES string of the molecule is O=C(COC(=O)CN1C(=O)C(=O)c2ccccc21)Nc1ccc(F)c(Cl)c1. The van der Waals surface area contributed by atoms with Crippen LogP contribution in [0.5, 0.6) is 0 Å². The van der Waals surface area contributed by atoms with E-state index in [9.17, 15) is 23.6 Å². The second-order valence-electron chi connectivity index (χ2n) is 5.58. The summed E-state index contributed by atoms with van der Waals surface area (Å²) in [5, 5.41) is 2.22. The standard InChI is InChI=1S/C18H12ClFN2O5/c19-12-7-10(5-6-13(12)20)21-15(23)9-27-16(24)8-22-14-4-2-1-3-11(14)17(25)18(22)26/h1-7H,8-9H2,(H,21,23). The van der Waals surface area contributed by atoms with Gasteiger partial charge in [0.05, 0.1) is 16.3 Å². The summed E-state index contributed by atoms with van der Waals surface area (Å²) in [5.74, 6) is -3.70. The molecule has 0 aromatic heterocycles. The van der Waals surface area contributed by atoms with E-state index in [1.54, 1.807) is 12.1 Å². The van der Waals surface area contributed by atoms with Crippen LogP contribution in [0.3, 0.4) is 0 Å². The highest BCUT2D eigenvalue weighted by Crippen LogP contribution is 2.28. The van der Waals surface area contributed by atoms with Gasteiger partial charge in [0, 0.05) is 5.69 Å². The van der Waals surface area contributed by atoms with Crippen LogP contribution in [0, 0.1) is 5.82 Å². The molecule has 1 N–H and O–H groups in total. The molecule has 7 nitrogen and oxygen atoms in total. The molecular weight excluding hydrogens is 379 g/mol. The number of nitrogens with one attached hydrogen (secondary N) is 1. The number of ketones is 1. The summed E-state index contributed by atoms with van der Waals surface area (Å²) in [6, 6.07) is 9.85. The molecule has 1 heterocycles. The van der Waals surface area contributed by atoms with E-state index < -0.39 is 42.5 Å². The van der Waals surface area contributed by atoms with Crippen molar-refractivity contribution in [2.45, 2.75) is 0 Å². The Morgan fingerprint density at radius 1 is 1.15 bits per heavy atom. The van der Waals surface area contributed by atoms with Crippen molar-refractivity contribution in [3.8, 4) is 0 Å². The Kier molecular flexibility index (Phi) is 5.18. The van der Waals surface area contributed by atoms with Crippen molar-refractivity contribution in [1.29, 1.82) is 0 Å². The summed E-state index contributed by atoms with van der Waals surface area (Å²) >= 11 is 5.61. The molecule has 1 aliphatic rings. The topological polar surface area (TPSA) is 92.8 Å². The van der Waals surface area contributed by atoms with Gasteiger partial charge in [0.15, 0.2) is 6.61 Å².